The van der Waals surface area contributed by atoms with E-state index in [2.05, 4.69) is 20.7 Å². The molecular weight excluding hydrogens is 182 g/mol. The largest absolute Gasteiger partial charge is 0.308 e. The van der Waals surface area contributed by atoms with Crippen molar-refractivity contribution < 1.29 is 4.79 Å². The van der Waals surface area contributed by atoms with Crippen LogP contribution in [0.3, 0.4) is 0 Å². The number of carbonyl (C=O) groups excluding carboxylic acids is 1. The average molecular weight is 197 g/mol. The van der Waals surface area contributed by atoms with E-state index in [1.807, 2.05) is 13.8 Å². The number of nitrogens with one attached hydrogen (secondary N) is 1. The normalized spacial score (nSPS) is 10.9. The highest BCUT2D eigenvalue weighted by Gasteiger charge is 2.08. The molecular formula is C8H15N5O. The van der Waals surface area contributed by atoms with Crippen LogP contribution in [0.5, 0.6) is 0 Å². The second-order valence-corrected chi connectivity index (χ2v) is 3.45. The van der Waals surface area contributed by atoms with Gasteiger partial charge in [-0.25, -0.2) is 0 Å². The van der Waals surface area contributed by atoms with Crippen molar-refractivity contribution in [3.05, 3.63) is 5.82 Å². The van der Waals surface area contributed by atoms with Gasteiger partial charge >= 0.3 is 0 Å². The fraction of sp³-hybridized carbons (Fsp3) is 0.750. The van der Waals surface area contributed by atoms with Crippen molar-refractivity contribution in [2.45, 2.75) is 26.3 Å². The van der Waals surface area contributed by atoms with Crippen molar-refractivity contribution in [3.8, 4) is 0 Å². The Morgan fingerprint density at radius 3 is 2.79 bits per heavy atom. The molecule has 1 N–H and O–H groups in total. The van der Waals surface area contributed by atoms with E-state index in [4.69, 9.17) is 0 Å². The number of aromatic nitrogens is 4. The summed E-state index contributed by atoms with van der Waals surface area (Å²) in [6, 6.07) is 0.314. The van der Waals surface area contributed by atoms with Gasteiger partial charge in [-0.2, -0.15) is 4.80 Å². The van der Waals surface area contributed by atoms with Gasteiger partial charge in [0.05, 0.1) is 20.0 Å². The van der Waals surface area contributed by atoms with Gasteiger partial charge in [0.2, 0.25) is 0 Å². The Labute approximate surface area is 82.7 Å². The van der Waals surface area contributed by atoms with Crippen LogP contribution in [0.15, 0.2) is 0 Å². The highest BCUT2D eigenvalue weighted by molar-refractivity contribution is 5.82. The number of nitrogens with zero attached hydrogens (tertiary/aromatic N) is 4. The second-order valence-electron chi connectivity index (χ2n) is 3.45. The molecule has 0 radical (unpaired) electrons. The molecule has 0 saturated heterocycles. The topological polar surface area (TPSA) is 72.7 Å². The SMILES string of the molecule is CC(C)NCC(=O)Cc1nnn(C)n1. The third-order valence-electron chi connectivity index (χ3n) is 1.61. The molecule has 0 fully saturated rings. The standard InChI is InChI=1S/C8H15N5O/c1-6(2)9-5-7(14)4-8-10-12-13(3)11-8/h6,9H,4-5H2,1-3H3. The molecule has 1 aromatic heterocycles. The molecule has 14 heavy (non-hydrogen) atoms. The number of rotatable bonds is 5. The van der Waals surface area contributed by atoms with Crippen molar-refractivity contribution >= 4 is 5.78 Å². The van der Waals surface area contributed by atoms with E-state index >= 15 is 0 Å². The quantitative estimate of drug-likeness (QED) is 0.677. The molecule has 6 heteroatoms. The van der Waals surface area contributed by atoms with Crippen LogP contribution < -0.4 is 5.32 Å². The molecule has 0 aliphatic carbocycles. The molecule has 0 bridgehead atoms. The maximum Gasteiger partial charge on any atom is 0.182 e. The van der Waals surface area contributed by atoms with E-state index in [0.29, 0.717) is 18.4 Å². The van der Waals surface area contributed by atoms with E-state index in [1.165, 1.54) is 4.80 Å². The summed E-state index contributed by atoms with van der Waals surface area (Å²) in [4.78, 5) is 12.7. The number of Topliss-reactive ketones (excluding diaryl/α,β-unsaturated/α-hetero) is 1. The number of carbonyl (C=O) groups is 1. The minimum Gasteiger partial charge on any atom is -0.308 e. The van der Waals surface area contributed by atoms with Crippen molar-refractivity contribution in [1.29, 1.82) is 0 Å². The molecule has 0 aliphatic heterocycles. The molecule has 0 spiro atoms. The molecule has 0 atom stereocenters. The maximum atomic E-state index is 11.3. The minimum atomic E-state index is 0.0756. The summed E-state index contributed by atoms with van der Waals surface area (Å²) in [7, 11) is 1.67. The fourth-order valence-corrected chi connectivity index (χ4v) is 0.951. The molecule has 0 saturated carbocycles. The summed E-state index contributed by atoms with van der Waals surface area (Å²) in [5.41, 5.74) is 0. The van der Waals surface area contributed by atoms with Crippen LogP contribution in [-0.2, 0) is 18.3 Å². The lowest BCUT2D eigenvalue weighted by atomic mass is 10.2. The van der Waals surface area contributed by atoms with Crippen LogP contribution >= 0.6 is 0 Å². The Morgan fingerprint density at radius 2 is 2.29 bits per heavy atom. The lowest BCUT2D eigenvalue weighted by Crippen LogP contribution is -2.30. The van der Waals surface area contributed by atoms with Crippen LogP contribution in [0.1, 0.15) is 19.7 Å². The first kappa shape index (κ1) is 10.8. The second kappa shape index (κ2) is 4.80. The highest BCUT2D eigenvalue weighted by Crippen LogP contribution is 1.89. The van der Waals surface area contributed by atoms with Crippen LogP contribution in [0.4, 0.5) is 0 Å². The number of aryl methyl sites for hydroxylation is 1. The molecule has 1 aromatic rings. The van der Waals surface area contributed by atoms with E-state index in [-0.39, 0.29) is 12.2 Å². The first-order chi connectivity index (χ1) is 6.58. The molecule has 0 amide bonds. The molecule has 1 rings (SSSR count). The molecule has 0 aromatic carbocycles. The van der Waals surface area contributed by atoms with E-state index in [9.17, 15) is 4.79 Å². The monoisotopic (exact) mass is 197 g/mol. The van der Waals surface area contributed by atoms with Crippen LogP contribution in [0.25, 0.3) is 0 Å². The summed E-state index contributed by atoms with van der Waals surface area (Å²) in [5, 5.41) is 14.3. The molecule has 0 aliphatic rings. The first-order valence-corrected chi connectivity index (χ1v) is 4.56. The van der Waals surface area contributed by atoms with Crippen LogP contribution in [0, 0.1) is 0 Å². The van der Waals surface area contributed by atoms with Crippen molar-refractivity contribution in [2.75, 3.05) is 6.54 Å². The number of hydrogen-bond donors (Lipinski definition) is 1. The number of ketones is 1. The fourth-order valence-electron chi connectivity index (χ4n) is 0.951. The molecule has 1 heterocycles. The Balaban J connectivity index is 2.34. The zero-order valence-electron chi connectivity index (χ0n) is 8.69. The predicted octanol–water partition coefficient (Wildman–Crippen LogP) is -0.680. The zero-order chi connectivity index (χ0) is 10.6. The Kier molecular flexibility index (Phi) is 3.70. The van der Waals surface area contributed by atoms with E-state index in [1.54, 1.807) is 7.05 Å². The lowest BCUT2D eigenvalue weighted by molar-refractivity contribution is -0.117. The predicted molar refractivity (Wildman–Crippen MR) is 50.6 cm³/mol. The van der Waals surface area contributed by atoms with Gasteiger partial charge < -0.3 is 5.32 Å². The summed E-state index contributed by atoms with van der Waals surface area (Å²) in [6.45, 7) is 4.34. The van der Waals surface area contributed by atoms with Crippen molar-refractivity contribution in [1.82, 2.24) is 25.5 Å². The Bertz CT molecular complexity index is 306. The van der Waals surface area contributed by atoms with Gasteiger partial charge in [-0.3, -0.25) is 4.79 Å². The molecule has 0 unspecified atom stereocenters. The van der Waals surface area contributed by atoms with Gasteiger partial charge in [-0.1, -0.05) is 13.8 Å². The Hall–Kier alpha value is -1.30. The Morgan fingerprint density at radius 1 is 1.57 bits per heavy atom. The lowest BCUT2D eigenvalue weighted by Gasteiger charge is -2.05. The van der Waals surface area contributed by atoms with Gasteiger partial charge in [-0.15, -0.1) is 10.2 Å². The number of tetrazole rings is 1. The maximum absolute atomic E-state index is 11.3. The van der Waals surface area contributed by atoms with Crippen molar-refractivity contribution in [2.24, 2.45) is 7.05 Å². The number of hydrogen-bond acceptors (Lipinski definition) is 5. The minimum absolute atomic E-state index is 0.0756. The third-order valence-corrected chi connectivity index (χ3v) is 1.61. The summed E-state index contributed by atoms with van der Waals surface area (Å²) in [5.74, 6) is 0.551. The highest BCUT2D eigenvalue weighted by atomic mass is 16.1. The van der Waals surface area contributed by atoms with Gasteiger partial charge in [0.15, 0.2) is 11.6 Å². The zero-order valence-corrected chi connectivity index (χ0v) is 8.69. The third kappa shape index (κ3) is 3.61. The molecule has 6 nitrogen and oxygen atoms in total. The average Bonchev–Trinajstić information content (AvgIpc) is 2.48. The van der Waals surface area contributed by atoms with Gasteiger partial charge in [0.1, 0.15) is 0 Å². The summed E-state index contributed by atoms with van der Waals surface area (Å²) < 4.78 is 0. The first-order valence-electron chi connectivity index (χ1n) is 4.56. The smallest absolute Gasteiger partial charge is 0.182 e. The van der Waals surface area contributed by atoms with Gasteiger partial charge in [0, 0.05) is 6.04 Å². The van der Waals surface area contributed by atoms with Gasteiger partial charge in [0.25, 0.3) is 0 Å². The van der Waals surface area contributed by atoms with E-state index < -0.39 is 0 Å². The van der Waals surface area contributed by atoms with Crippen LogP contribution in [0.2, 0.25) is 0 Å². The molecule has 78 valence electrons. The van der Waals surface area contributed by atoms with Crippen LogP contribution in [-0.4, -0.2) is 38.6 Å². The van der Waals surface area contributed by atoms with E-state index in [0.717, 1.165) is 0 Å². The summed E-state index contributed by atoms with van der Waals surface area (Å²) >= 11 is 0. The van der Waals surface area contributed by atoms with Crippen molar-refractivity contribution in [3.63, 3.8) is 0 Å². The van der Waals surface area contributed by atoms with Gasteiger partial charge in [-0.05, 0) is 5.21 Å². The summed E-state index contributed by atoms with van der Waals surface area (Å²) in [6.07, 6.45) is 0.244.